The Bertz CT molecular complexity index is 1370. The number of piperidine rings is 1. The first-order valence-corrected chi connectivity index (χ1v) is 11.6. The molecule has 33 heavy (non-hydrogen) atoms. The molecule has 2 aliphatic heterocycles. The van der Waals surface area contributed by atoms with Crippen molar-refractivity contribution >= 4 is 44.2 Å². The zero-order chi connectivity index (χ0) is 22.6. The van der Waals surface area contributed by atoms with Gasteiger partial charge in [0.1, 0.15) is 0 Å². The van der Waals surface area contributed by atoms with E-state index in [0.717, 1.165) is 23.8 Å². The van der Waals surface area contributed by atoms with Gasteiger partial charge in [-0.05, 0) is 57.6 Å². The van der Waals surface area contributed by atoms with Crippen molar-refractivity contribution in [1.29, 1.82) is 0 Å². The minimum Gasteiger partial charge on any atom is -0.464 e. The summed E-state index contributed by atoms with van der Waals surface area (Å²) in [5, 5.41) is 7.21. The lowest BCUT2D eigenvalue weighted by atomic mass is 9.92. The Morgan fingerprint density at radius 1 is 1.03 bits per heavy atom. The highest BCUT2D eigenvalue weighted by atomic mass is 16.7. The van der Waals surface area contributed by atoms with E-state index in [9.17, 15) is 9.59 Å². The topological polar surface area (TPSA) is 65.1 Å². The van der Waals surface area contributed by atoms with Crippen molar-refractivity contribution in [1.82, 2.24) is 4.90 Å². The van der Waals surface area contributed by atoms with Gasteiger partial charge in [0.25, 0.3) is 11.8 Å². The number of hydrogen-bond donors (Lipinski definition) is 0. The highest BCUT2D eigenvalue weighted by Crippen LogP contribution is 2.40. The monoisotopic (exact) mass is 443 g/mol. The van der Waals surface area contributed by atoms with Gasteiger partial charge < -0.3 is 14.2 Å². The second-order valence-corrected chi connectivity index (χ2v) is 8.78. The second-order valence-electron chi connectivity index (χ2n) is 8.78. The van der Waals surface area contributed by atoms with E-state index >= 15 is 0 Å². The van der Waals surface area contributed by atoms with Crippen molar-refractivity contribution < 1.29 is 23.8 Å². The van der Waals surface area contributed by atoms with Crippen LogP contribution in [-0.2, 0) is 30.4 Å². The summed E-state index contributed by atoms with van der Waals surface area (Å²) in [4.78, 5) is 26.8. The van der Waals surface area contributed by atoms with Crippen molar-refractivity contribution in [3.8, 4) is 0 Å². The summed E-state index contributed by atoms with van der Waals surface area (Å²) in [6.45, 7) is 2.69. The van der Waals surface area contributed by atoms with Crippen molar-refractivity contribution in [3.05, 3.63) is 60.2 Å². The molecule has 4 aromatic carbocycles. The molecule has 1 amide bonds. The van der Waals surface area contributed by atoms with Crippen LogP contribution in [0, 0.1) is 0 Å². The average Bonchev–Trinajstić information content (AvgIpc) is 3.15. The summed E-state index contributed by atoms with van der Waals surface area (Å²) >= 11 is 0. The number of nitrogens with zero attached hydrogens (tertiary/aromatic N) is 1. The molecule has 2 unspecified atom stereocenters. The molecule has 168 valence electrons. The van der Waals surface area contributed by atoms with E-state index in [1.165, 1.54) is 26.9 Å². The number of carbonyl (C=O) groups is 2. The molecule has 2 saturated heterocycles. The van der Waals surface area contributed by atoms with Crippen LogP contribution in [0.1, 0.15) is 31.7 Å². The third-order valence-corrected chi connectivity index (χ3v) is 6.90. The summed E-state index contributed by atoms with van der Waals surface area (Å²) < 4.78 is 17.4. The van der Waals surface area contributed by atoms with Crippen molar-refractivity contribution in [2.24, 2.45) is 0 Å². The number of esters is 1. The van der Waals surface area contributed by atoms with Gasteiger partial charge in [0.05, 0.1) is 13.2 Å². The predicted molar refractivity (Wildman–Crippen MR) is 125 cm³/mol. The van der Waals surface area contributed by atoms with Gasteiger partial charge in [-0.2, -0.15) is 0 Å². The lowest BCUT2D eigenvalue weighted by molar-refractivity contribution is -0.300. The predicted octanol–water partition coefficient (Wildman–Crippen LogP) is 4.73. The van der Waals surface area contributed by atoms with Crippen LogP contribution in [0.25, 0.3) is 32.3 Å². The summed E-state index contributed by atoms with van der Waals surface area (Å²) in [5.74, 6) is -2.25. The Balaban J connectivity index is 1.37. The Labute approximate surface area is 191 Å². The zero-order valence-corrected chi connectivity index (χ0v) is 18.5. The first-order chi connectivity index (χ1) is 16.1. The van der Waals surface area contributed by atoms with Crippen LogP contribution in [0.5, 0.6) is 0 Å². The molecule has 0 bridgehead atoms. The van der Waals surface area contributed by atoms with Crippen molar-refractivity contribution in [2.75, 3.05) is 13.2 Å². The van der Waals surface area contributed by atoms with E-state index in [1.54, 1.807) is 11.8 Å². The quantitative estimate of drug-likeness (QED) is 0.254. The van der Waals surface area contributed by atoms with Crippen LogP contribution in [0.15, 0.2) is 54.6 Å². The van der Waals surface area contributed by atoms with Crippen LogP contribution in [0.3, 0.4) is 0 Å². The van der Waals surface area contributed by atoms with Gasteiger partial charge in [-0.15, -0.1) is 0 Å². The molecule has 0 aliphatic carbocycles. The SMILES string of the molecule is CCOC(=O)C1OC2(OCc3ccc4ccc5cccc6ccc3c4c56)CCCCN2C1=O. The van der Waals surface area contributed by atoms with E-state index in [-0.39, 0.29) is 19.1 Å². The Morgan fingerprint density at radius 2 is 1.76 bits per heavy atom. The van der Waals surface area contributed by atoms with Crippen LogP contribution in [0.4, 0.5) is 0 Å². The van der Waals surface area contributed by atoms with E-state index in [1.807, 2.05) is 0 Å². The lowest BCUT2D eigenvalue weighted by Crippen LogP contribution is -2.51. The molecule has 0 saturated carbocycles. The molecule has 2 aliphatic rings. The Kier molecular flexibility index (Phi) is 4.75. The molecule has 4 aromatic rings. The Hall–Kier alpha value is -3.22. The van der Waals surface area contributed by atoms with Gasteiger partial charge in [-0.1, -0.05) is 54.6 Å². The average molecular weight is 443 g/mol. The minimum atomic E-state index is -1.26. The molecule has 2 fully saturated rings. The smallest absolute Gasteiger partial charge is 0.345 e. The third-order valence-electron chi connectivity index (χ3n) is 6.90. The number of rotatable bonds is 5. The first-order valence-electron chi connectivity index (χ1n) is 11.6. The second kappa shape index (κ2) is 7.68. The van der Waals surface area contributed by atoms with Crippen LogP contribution in [-0.4, -0.2) is 41.9 Å². The van der Waals surface area contributed by atoms with Crippen molar-refractivity contribution in [2.45, 2.75) is 44.8 Å². The van der Waals surface area contributed by atoms with E-state index in [2.05, 4.69) is 54.6 Å². The maximum atomic E-state index is 12.9. The van der Waals surface area contributed by atoms with Crippen LogP contribution in [0.2, 0.25) is 0 Å². The number of hydrogen-bond acceptors (Lipinski definition) is 5. The number of fused-ring (bicyclic) bond motifs is 1. The molecule has 0 N–H and O–H groups in total. The fourth-order valence-electron chi connectivity index (χ4n) is 5.36. The number of benzene rings is 4. The molecule has 6 nitrogen and oxygen atoms in total. The van der Waals surface area contributed by atoms with Gasteiger partial charge in [0, 0.05) is 13.0 Å². The Morgan fingerprint density at radius 3 is 2.55 bits per heavy atom. The molecule has 2 atom stereocenters. The largest absolute Gasteiger partial charge is 0.464 e. The maximum Gasteiger partial charge on any atom is 0.345 e. The molecule has 2 heterocycles. The van der Waals surface area contributed by atoms with Gasteiger partial charge in [-0.25, -0.2) is 4.79 Å². The number of ether oxygens (including phenoxy) is 3. The van der Waals surface area contributed by atoms with Gasteiger partial charge in [-0.3, -0.25) is 9.69 Å². The number of amides is 1. The van der Waals surface area contributed by atoms with Gasteiger partial charge >= 0.3 is 5.97 Å². The minimum absolute atomic E-state index is 0.197. The van der Waals surface area contributed by atoms with Gasteiger partial charge in [0.15, 0.2) is 0 Å². The van der Waals surface area contributed by atoms with Crippen molar-refractivity contribution in [3.63, 3.8) is 0 Å². The third kappa shape index (κ3) is 3.09. The highest BCUT2D eigenvalue weighted by Gasteiger charge is 2.57. The molecule has 0 radical (unpaired) electrons. The van der Waals surface area contributed by atoms with Crippen LogP contribution >= 0.6 is 0 Å². The summed E-state index contributed by atoms with van der Waals surface area (Å²) in [6, 6.07) is 19.1. The summed E-state index contributed by atoms with van der Waals surface area (Å²) in [6.07, 6.45) is 0.983. The zero-order valence-electron chi connectivity index (χ0n) is 18.5. The normalized spacial score (nSPS) is 23.0. The molecule has 0 aromatic heterocycles. The van der Waals surface area contributed by atoms with E-state index in [4.69, 9.17) is 14.2 Å². The lowest BCUT2D eigenvalue weighted by Gasteiger charge is -2.39. The van der Waals surface area contributed by atoms with E-state index < -0.39 is 18.0 Å². The van der Waals surface area contributed by atoms with Gasteiger partial charge in [0.2, 0.25) is 6.10 Å². The fraction of sp³-hybridized carbons (Fsp3) is 0.333. The van der Waals surface area contributed by atoms with E-state index in [0.29, 0.717) is 13.0 Å². The molecule has 6 heteroatoms. The summed E-state index contributed by atoms with van der Waals surface area (Å²) in [5.41, 5.74) is 1.02. The first kappa shape index (κ1) is 20.4. The fourth-order valence-corrected chi connectivity index (χ4v) is 5.36. The maximum absolute atomic E-state index is 12.9. The molecule has 0 spiro atoms. The number of carbonyl (C=O) groups excluding carboxylic acids is 2. The summed E-state index contributed by atoms with van der Waals surface area (Å²) in [7, 11) is 0. The molecular weight excluding hydrogens is 418 g/mol. The standard InChI is InChI=1S/C27H25NO5/c1-2-31-26(30)24-25(29)28-15-4-3-14-27(28,33-24)32-16-20-11-10-19-9-8-17-6-5-7-18-12-13-21(20)23(19)22(17)18/h5-13,24H,2-4,14-16H2,1H3. The molecular formula is C27H25NO5. The van der Waals surface area contributed by atoms with Crippen LogP contribution < -0.4 is 0 Å². The highest BCUT2D eigenvalue weighted by molar-refractivity contribution is 6.23. The molecule has 6 rings (SSSR count).